The summed E-state index contributed by atoms with van der Waals surface area (Å²) in [6.45, 7) is 7.22. The van der Waals surface area contributed by atoms with Crippen LogP contribution in [0.4, 0.5) is 0 Å². The fourth-order valence-electron chi connectivity index (χ4n) is 3.64. The molecule has 1 amide bonds. The van der Waals surface area contributed by atoms with Crippen LogP contribution in [0.15, 0.2) is 22.9 Å². The standard InChI is InChI=1S/C18H24N4O2/c1-14-5-10-24-17(14)18(23)22-9-8-21-12-15(19-16(21)13-22)11-20-6-3-2-4-7-20/h5,10,12H,2-4,6-9,11,13H2,1H3. The Morgan fingerprint density at radius 2 is 2.04 bits per heavy atom. The van der Waals surface area contributed by atoms with E-state index in [0.717, 1.165) is 30.2 Å². The average molecular weight is 328 g/mol. The summed E-state index contributed by atoms with van der Waals surface area (Å²) in [6, 6.07) is 1.83. The van der Waals surface area contributed by atoms with E-state index >= 15 is 0 Å². The van der Waals surface area contributed by atoms with Gasteiger partial charge in [-0.25, -0.2) is 4.98 Å². The van der Waals surface area contributed by atoms with Crippen LogP contribution in [0.1, 0.15) is 46.9 Å². The third-order valence-electron chi connectivity index (χ3n) is 5.03. The van der Waals surface area contributed by atoms with Crippen LogP contribution >= 0.6 is 0 Å². The maximum Gasteiger partial charge on any atom is 0.290 e. The molecule has 0 radical (unpaired) electrons. The Hall–Kier alpha value is -2.08. The SMILES string of the molecule is Cc1ccoc1C(=O)N1CCn2cc(CN3CCCCC3)nc2C1. The molecule has 1 fully saturated rings. The quantitative estimate of drug-likeness (QED) is 0.868. The van der Waals surface area contributed by atoms with Crippen molar-refractivity contribution in [1.82, 2.24) is 19.4 Å². The van der Waals surface area contributed by atoms with Gasteiger partial charge < -0.3 is 13.9 Å². The second kappa shape index (κ2) is 6.43. The maximum absolute atomic E-state index is 12.6. The Balaban J connectivity index is 1.45. The maximum atomic E-state index is 12.6. The van der Waals surface area contributed by atoms with Gasteiger partial charge in [0.25, 0.3) is 5.91 Å². The van der Waals surface area contributed by atoms with Gasteiger partial charge in [-0.3, -0.25) is 9.69 Å². The lowest BCUT2D eigenvalue weighted by Gasteiger charge is -2.27. The predicted octanol–water partition coefficient (Wildman–Crippen LogP) is 2.43. The van der Waals surface area contributed by atoms with Crippen molar-refractivity contribution >= 4 is 5.91 Å². The summed E-state index contributed by atoms with van der Waals surface area (Å²) in [5, 5.41) is 0. The van der Waals surface area contributed by atoms with E-state index in [1.54, 1.807) is 6.26 Å². The zero-order valence-corrected chi connectivity index (χ0v) is 14.2. The van der Waals surface area contributed by atoms with Gasteiger partial charge in [-0.1, -0.05) is 6.42 Å². The molecule has 2 aliphatic rings. The molecule has 0 aliphatic carbocycles. The normalized spacial score (nSPS) is 18.6. The van der Waals surface area contributed by atoms with Gasteiger partial charge in [0, 0.05) is 31.4 Å². The first-order valence-corrected chi connectivity index (χ1v) is 8.81. The Bertz CT molecular complexity index is 727. The number of carbonyl (C=O) groups is 1. The number of fused-ring (bicyclic) bond motifs is 1. The number of aryl methyl sites for hydroxylation is 1. The fourth-order valence-corrected chi connectivity index (χ4v) is 3.64. The summed E-state index contributed by atoms with van der Waals surface area (Å²) < 4.78 is 7.54. The molecule has 4 rings (SSSR count). The molecule has 0 unspecified atom stereocenters. The first-order valence-electron chi connectivity index (χ1n) is 8.81. The molecule has 128 valence electrons. The lowest BCUT2D eigenvalue weighted by atomic mass is 10.1. The lowest BCUT2D eigenvalue weighted by molar-refractivity contribution is 0.0674. The highest BCUT2D eigenvalue weighted by Gasteiger charge is 2.26. The molecule has 6 heteroatoms. The largest absolute Gasteiger partial charge is 0.459 e. The van der Waals surface area contributed by atoms with Crippen molar-refractivity contribution in [2.45, 2.75) is 45.8 Å². The number of imidazole rings is 1. The monoisotopic (exact) mass is 328 g/mol. The van der Waals surface area contributed by atoms with Crippen LogP contribution in [0.25, 0.3) is 0 Å². The predicted molar refractivity (Wildman–Crippen MR) is 89.5 cm³/mol. The van der Waals surface area contributed by atoms with Crippen molar-refractivity contribution in [3.8, 4) is 0 Å². The van der Waals surface area contributed by atoms with Crippen LogP contribution in [-0.4, -0.2) is 44.9 Å². The summed E-state index contributed by atoms with van der Waals surface area (Å²) in [6.07, 6.45) is 7.66. The molecule has 0 saturated carbocycles. The van der Waals surface area contributed by atoms with E-state index in [-0.39, 0.29) is 5.91 Å². The highest BCUT2D eigenvalue weighted by Crippen LogP contribution is 2.19. The van der Waals surface area contributed by atoms with Gasteiger partial charge in [0.2, 0.25) is 0 Å². The summed E-state index contributed by atoms with van der Waals surface area (Å²) in [7, 11) is 0. The Kier molecular flexibility index (Phi) is 4.14. The Morgan fingerprint density at radius 1 is 1.21 bits per heavy atom. The van der Waals surface area contributed by atoms with Gasteiger partial charge in [0.1, 0.15) is 5.82 Å². The summed E-state index contributed by atoms with van der Waals surface area (Å²) in [5.74, 6) is 1.39. The van der Waals surface area contributed by atoms with Gasteiger partial charge in [-0.05, 0) is 38.9 Å². The topological polar surface area (TPSA) is 54.5 Å². The minimum atomic E-state index is -0.0377. The van der Waals surface area contributed by atoms with Gasteiger partial charge in [0.05, 0.1) is 18.5 Å². The molecule has 0 aromatic carbocycles. The number of aromatic nitrogens is 2. The minimum absolute atomic E-state index is 0.0377. The number of hydrogen-bond acceptors (Lipinski definition) is 4. The number of rotatable bonds is 3. The van der Waals surface area contributed by atoms with Crippen molar-refractivity contribution in [2.75, 3.05) is 19.6 Å². The number of furan rings is 1. The fraction of sp³-hybridized carbons (Fsp3) is 0.556. The van der Waals surface area contributed by atoms with Crippen molar-refractivity contribution in [1.29, 1.82) is 0 Å². The number of likely N-dealkylation sites (tertiary alicyclic amines) is 1. The van der Waals surface area contributed by atoms with E-state index in [2.05, 4.69) is 15.7 Å². The van der Waals surface area contributed by atoms with Crippen LogP contribution in [0.5, 0.6) is 0 Å². The minimum Gasteiger partial charge on any atom is -0.459 e. The van der Waals surface area contributed by atoms with Crippen LogP contribution in [-0.2, 0) is 19.6 Å². The van der Waals surface area contributed by atoms with E-state index in [0.29, 0.717) is 18.8 Å². The molecular formula is C18H24N4O2. The lowest BCUT2D eigenvalue weighted by Crippen LogP contribution is -2.38. The highest BCUT2D eigenvalue weighted by atomic mass is 16.3. The third-order valence-corrected chi connectivity index (χ3v) is 5.03. The zero-order chi connectivity index (χ0) is 16.5. The molecule has 2 aromatic rings. The molecule has 6 nitrogen and oxygen atoms in total. The average Bonchev–Trinajstić information content (AvgIpc) is 3.19. The summed E-state index contributed by atoms with van der Waals surface area (Å²) in [5.41, 5.74) is 2.01. The van der Waals surface area contributed by atoms with E-state index in [1.807, 2.05) is 17.9 Å². The van der Waals surface area contributed by atoms with E-state index in [4.69, 9.17) is 9.40 Å². The molecular weight excluding hydrogens is 304 g/mol. The van der Waals surface area contributed by atoms with Crippen molar-refractivity contribution in [2.24, 2.45) is 0 Å². The number of nitrogens with zero attached hydrogens (tertiary/aromatic N) is 4. The highest BCUT2D eigenvalue weighted by molar-refractivity contribution is 5.92. The Morgan fingerprint density at radius 3 is 2.79 bits per heavy atom. The molecule has 2 aliphatic heterocycles. The van der Waals surface area contributed by atoms with Crippen molar-refractivity contribution in [3.05, 3.63) is 41.4 Å². The smallest absolute Gasteiger partial charge is 0.290 e. The summed E-state index contributed by atoms with van der Waals surface area (Å²) >= 11 is 0. The molecule has 0 N–H and O–H groups in total. The molecule has 0 atom stereocenters. The van der Waals surface area contributed by atoms with Crippen LogP contribution < -0.4 is 0 Å². The summed E-state index contributed by atoms with van der Waals surface area (Å²) in [4.78, 5) is 21.7. The molecule has 4 heterocycles. The van der Waals surface area contributed by atoms with E-state index in [9.17, 15) is 4.79 Å². The molecule has 1 saturated heterocycles. The van der Waals surface area contributed by atoms with Crippen molar-refractivity contribution < 1.29 is 9.21 Å². The van der Waals surface area contributed by atoms with Gasteiger partial charge in [-0.2, -0.15) is 0 Å². The Labute approximate surface area is 142 Å². The zero-order valence-electron chi connectivity index (χ0n) is 14.2. The van der Waals surface area contributed by atoms with Gasteiger partial charge in [-0.15, -0.1) is 0 Å². The van der Waals surface area contributed by atoms with E-state index in [1.165, 1.54) is 32.4 Å². The molecule has 24 heavy (non-hydrogen) atoms. The second-order valence-corrected chi connectivity index (χ2v) is 6.84. The van der Waals surface area contributed by atoms with Crippen LogP contribution in [0.2, 0.25) is 0 Å². The van der Waals surface area contributed by atoms with E-state index < -0.39 is 0 Å². The van der Waals surface area contributed by atoms with Crippen LogP contribution in [0, 0.1) is 6.92 Å². The molecule has 0 spiro atoms. The number of piperidine rings is 1. The molecule has 2 aromatic heterocycles. The molecule has 0 bridgehead atoms. The number of amides is 1. The van der Waals surface area contributed by atoms with Gasteiger partial charge >= 0.3 is 0 Å². The number of carbonyl (C=O) groups excluding carboxylic acids is 1. The first-order chi connectivity index (χ1) is 11.7. The van der Waals surface area contributed by atoms with Crippen LogP contribution in [0.3, 0.4) is 0 Å². The van der Waals surface area contributed by atoms with Crippen molar-refractivity contribution in [3.63, 3.8) is 0 Å². The first kappa shape index (κ1) is 15.4. The number of hydrogen-bond donors (Lipinski definition) is 0. The third kappa shape index (κ3) is 2.98. The second-order valence-electron chi connectivity index (χ2n) is 6.84. The van der Waals surface area contributed by atoms with Gasteiger partial charge in [0.15, 0.2) is 5.76 Å².